The molecule has 0 aliphatic carbocycles. The largest absolute Gasteiger partial charge is 0.335 e. The van der Waals surface area contributed by atoms with E-state index in [0.29, 0.717) is 34.8 Å². The van der Waals surface area contributed by atoms with Gasteiger partial charge in [-0.15, -0.1) is 21.5 Å². The Balaban J connectivity index is 1.53. The Hall–Kier alpha value is -2.19. The lowest BCUT2D eigenvalue weighted by molar-refractivity contribution is -0.131. The molecule has 0 bridgehead atoms. The van der Waals surface area contributed by atoms with Crippen LogP contribution in [0.25, 0.3) is 11.4 Å². The Labute approximate surface area is 190 Å². The number of halogens is 1. The second kappa shape index (κ2) is 9.53. The molecule has 1 aromatic carbocycles. The number of amides is 1. The monoisotopic (exact) mass is 458 g/mol. The van der Waals surface area contributed by atoms with Crippen LogP contribution in [0, 0.1) is 11.7 Å². The standard InChI is InChI=1S/C23H27FN4OS2/c1-4-19-17-10-12-30-20(17)9-11-27(19)21(29)14-31-23-26-25-22(28(23)13-15(2)3)16-7-5-6-8-18(16)24/h5-8,10,12,15,19H,4,9,11,13-14H2,1-3H3. The molecule has 1 atom stereocenters. The van der Waals surface area contributed by atoms with Crippen molar-refractivity contribution in [1.29, 1.82) is 0 Å². The van der Waals surface area contributed by atoms with Gasteiger partial charge in [-0.2, -0.15) is 0 Å². The molecule has 0 fully saturated rings. The number of carbonyl (C=O) groups excluding carboxylic acids is 1. The summed E-state index contributed by atoms with van der Waals surface area (Å²) in [5.41, 5.74) is 1.72. The number of hydrogen-bond acceptors (Lipinski definition) is 5. The van der Waals surface area contributed by atoms with E-state index in [-0.39, 0.29) is 17.8 Å². The van der Waals surface area contributed by atoms with Gasteiger partial charge in [-0.25, -0.2) is 4.39 Å². The van der Waals surface area contributed by atoms with Gasteiger partial charge in [-0.1, -0.05) is 44.7 Å². The zero-order chi connectivity index (χ0) is 22.0. The predicted molar refractivity (Wildman–Crippen MR) is 124 cm³/mol. The minimum atomic E-state index is -0.321. The van der Waals surface area contributed by atoms with Crippen molar-refractivity contribution < 1.29 is 9.18 Å². The second-order valence-corrected chi connectivity index (χ2v) is 10.1. The fourth-order valence-corrected chi connectivity index (χ4v) is 5.87. The van der Waals surface area contributed by atoms with Gasteiger partial charge < -0.3 is 9.47 Å². The van der Waals surface area contributed by atoms with Crippen molar-refractivity contribution >= 4 is 29.0 Å². The molecular weight excluding hydrogens is 431 g/mol. The normalized spacial score (nSPS) is 16.0. The molecule has 31 heavy (non-hydrogen) atoms. The molecule has 0 saturated heterocycles. The topological polar surface area (TPSA) is 51.0 Å². The van der Waals surface area contributed by atoms with Crippen molar-refractivity contribution in [1.82, 2.24) is 19.7 Å². The molecule has 8 heteroatoms. The zero-order valence-corrected chi connectivity index (χ0v) is 19.7. The third kappa shape index (κ3) is 4.55. The van der Waals surface area contributed by atoms with Crippen LogP contribution in [-0.2, 0) is 17.8 Å². The van der Waals surface area contributed by atoms with E-state index in [1.54, 1.807) is 29.5 Å². The number of rotatable bonds is 7. The number of carbonyl (C=O) groups is 1. The molecule has 3 heterocycles. The Morgan fingerprint density at radius 3 is 2.84 bits per heavy atom. The number of hydrogen-bond donors (Lipinski definition) is 0. The van der Waals surface area contributed by atoms with Crippen LogP contribution in [0.15, 0.2) is 40.9 Å². The van der Waals surface area contributed by atoms with E-state index in [9.17, 15) is 9.18 Å². The van der Waals surface area contributed by atoms with E-state index in [1.165, 1.54) is 28.3 Å². The minimum absolute atomic E-state index is 0.111. The third-order valence-electron chi connectivity index (χ3n) is 5.51. The van der Waals surface area contributed by atoms with Gasteiger partial charge >= 0.3 is 0 Å². The fourth-order valence-electron chi connectivity index (χ4n) is 4.11. The van der Waals surface area contributed by atoms with Crippen LogP contribution >= 0.6 is 23.1 Å². The van der Waals surface area contributed by atoms with E-state index < -0.39 is 0 Å². The Morgan fingerprint density at radius 1 is 1.29 bits per heavy atom. The van der Waals surface area contributed by atoms with Crippen molar-refractivity contribution in [3.63, 3.8) is 0 Å². The third-order valence-corrected chi connectivity index (χ3v) is 7.45. The number of benzene rings is 1. The van der Waals surface area contributed by atoms with Gasteiger partial charge in [0.1, 0.15) is 5.82 Å². The van der Waals surface area contributed by atoms with Crippen molar-refractivity contribution in [2.75, 3.05) is 12.3 Å². The lowest BCUT2D eigenvalue weighted by Crippen LogP contribution is -2.40. The molecule has 0 N–H and O–H groups in total. The highest BCUT2D eigenvalue weighted by Gasteiger charge is 2.30. The predicted octanol–water partition coefficient (Wildman–Crippen LogP) is 5.43. The van der Waals surface area contributed by atoms with Gasteiger partial charge in [0, 0.05) is 18.0 Å². The van der Waals surface area contributed by atoms with Gasteiger partial charge in [-0.05, 0) is 47.9 Å². The zero-order valence-electron chi connectivity index (χ0n) is 18.0. The average Bonchev–Trinajstić information content (AvgIpc) is 3.38. The summed E-state index contributed by atoms with van der Waals surface area (Å²) in [6.45, 7) is 7.74. The van der Waals surface area contributed by atoms with Crippen molar-refractivity contribution in [3.8, 4) is 11.4 Å². The van der Waals surface area contributed by atoms with Gasteiger partial charge in [0.05, 0.1) is 17.4 Å². The summed E-state index contributed by atoms with van der Waals surface area (Å²) in [6.07, 6.45) is 1.82. The van der Waals surface area contributed by atoms with E-state index in [0.717, 1.165) is 19.4 Å². The maximum Gasteiger partial charge on any atom is 0.233 e. The molecule has 1 unspecified atom stereocenters. The van der Waals surface area contributed by atoms with E-state index in [1.807, 2.05) is 9.47 Å². The van der Waals surface area contributed by atoms with Gasteiger partial charge in [0.25, 0.3) is 0 Å². The second-order valence-electron chi connectivity index (χ2n) is 8.14. The summed E-state index contributed by atoms with van der Waals surface area (Å²) in [5, 5.41) is 11.4. The highest BCUT2D eigenvalue weighted by Crippen LogP contribution is 2.36. The number of thiophene rings is 1. The van der Waals surface area contributed by atoms with E-state index in [4.69, 9.17) is 0 Å². The molecule has 0 saturated carbocycles. The Morgan fingerprint density at radius 2 is 2.10 bits per heavy atom. The minimum Gasteiger partial charge on any atom is -0.335 e. The number of aromatic nitrogens is 3. The maximum absolute atomic E-state index is 14.4. The summed E-state index contributed by atoms with van der Waals surface area (Å²) >= 11 is 3.17. The molecule has 1 aliphatic rings. The Bertz CT molecular complexity index is 1060. The first-order valence-electron chi connectivity index (χ1n) is 10.7. The van der Waals surface area contributed by atoms with Crippen molar-refractivity contribution in [2.45, 2.75) is 51.4 Å². The Kier molecular flexibility index (Phi) is 6.77. The summed E-state index contributed by atoms with van der Waals surface area (Å²) in [7, 11) is 0. The molecule has 2 aromatic heterocycles. The van der Waals surface area contributed by atoms with Crippen LogP contribution in [0.4, 0.5) is 4.39 Å². The van der Waals surface area contributed by atoms with Crippen molar-refractivity contribution in [3.05, 3.63) is 52.0 Å². The first-order chi connectivity index (χ1) is 15.0. The summed E-state index contributed by atoms with van der Waals surface area (Å²) in [4.78, 5) is 16.5. The molecule has 0 radical (unpaired) electrons. The average molecular weight is 459 g/mol. The quantitative estimate of drug-likeness (QED) is 0.443. The lowest BCUT2D eigenvalue weighted by atomic mass is 9.98. The lowest BCUT2D eigenvalue weighted by Gasteiger charge is -2.35. The highest BCUT2D eigenvalue weighted by molar-refractivity contribution is 7.99. The molecule has 164 valence electrons. The molecule has 1 aliphatic heterocycles. The summed E-state index contributed by atoms with van der Waals surface area (Å²) in [5.74, 6) is 0.927. The smallest absolute Gasteiger partial charge is 0.233 e. The van der Waals surface area contributed by atoms with Gasteiger partial charge in [-0.3, -0.25) is 4.79 Å². The first-order valence-corrected chi connectivity index (χ1v) is 12.5. The van der Waals surface area contributed by atoms with Crippen LogP contribution in [0.3, 0.4) is 0 Å². The highest BCUT2D eigenvalue weighted by atomic mass is 32.2. The van der Waals surface area contributed by atoms with Crippen molar-refractivity contribution in [2.24, 2.45) is 5.92 Å². The van der Waals surface area contributed by atoms with Crippen LogP contribution in [-0.4, -0.2) is 37.9 Å². The van der Waals surface area contributed by atoms with Crippen LogP contribution in [0.1, 0.15) is 43.7 Å². The fraction of sp³-hybridized carbons (Fsp3) is 0.435. The maximum atomic E-state index is 14.4. The molecular formula is C23H27FN4OS2. The number of fused-ring (bicyclic) bond motifs is 1. The SMILES string of the molecule is CCC1c2ccsc2CCN1C(=O)CSc1nnc(-c2ccccc2F)n1CC(C)C. The summed E-state index contributed by atoms with van der Waals surface area (Å²) < 4.78 is 16.3. The van der Waals surface area contributed by atoms with Crippen LogP contribution in [0.2, 0.25) is 0 Å². The molecule has 5 nitrogen and oxygen atoms in total. The van der Waals surface area contributed by atoms with E-state index in [2.05, 4.69) is 42.4 Å². The molecule has 4 rings (SSSR count). The first kappa shape index (κ1) is 22.0. The van der Waals surface area contributed by atoms with Gasteiger partial charge in [0.15, 0.2) is 11.0 Å². The number of nitrogens with zero attached hydrogens (tertiary/aromatic N) is 4. The summed E-state index contributed by atoms with van der Waals surface area (Å²) in [6, 6.07) is 8.90. The molecule has 3 aromatic rings. The van der Waals surface area contributed by atoms with E-state index >= 15 is 0 Å². The number of thioether (sulfide) groups is 1. The molecule has 0 spiro atoms. The molecule has 1 amide bonds. The van der Waals surface area contributed by atoms with Gasteiger partial charge in [0.2, 0.25) is 5.91 Å². The van der Waals surface area contributed by atoms with Crippen LogP contribution in [0.5, 0.6) is 0 Å². The van der Waals surface area contributed by atoms with Crippen LogP contribution < -0.4 is 0 Å².